The van der Waals surface area contributed by atoms with E-state index in [0.29, 0.717) is 18.8 Å². The summed E-state index contributed by atoms with van der Waals surface area (Å²) in [5, 5.41) is 13.7. The van der Waals surface area contributed by atoms with Gasteiger partial charge in [0, 0.05) is 25.2 Å². The van der Waals surface area contributed by atoms with E-state index >= 15 is 0 Å². The maximum Gasteiger partial charge on any atom is 0.271 e. The van der Waals surface area contributed by atoms with E-state index in [1.807, 2.05) is 65.6 Å². The standard InChI is InChI=1S/C22H20ClN3O3/c23-20-13-19(26(28)29)11-12-21(20)24-22(27)16-25(14-17-7-3-1-4-8-17)15-18-9-5-2-6-10-18/h1-13H,14-16H2,(H,24,27). The first kappa shape index (κ1) is 20.5. The van der Waals surface area contributed by atoms with Gasteiger partial charge < -0.3 is 5.32 Å². The highest BCUT2D eigenvalue weighted by Crippen LogP contribution is 2.26. The molecule has 0 saturated carbocycles. The summed E-state index contributed by atoms with van der Waals surface area (Å²) in [6.07, 6.45) is 0. The maximum atomic E-state index is 12.6. The van der Waals surface area contributed by atoms with Gasteiger partial charge in [0.25, 0.3) is 5.69 Å². The molecule has 0 fully saturated rings. The highest BCUT2D eigenvalue weighted by Gasteiger charge is 2.15. The van der Waals surface area contributed by atoms with E-state index in [4.69, 9.17) is 11.6 Å². The van der Waals surface area contributed by atoms with Crippen LogP contribution in [0.25, 0.3) is 0 Å². The monoisotopic (exact) mass is 409 g/mol. The molecule has 0 unspecified atom stereocenters. The van der Waals surface area contributed by atoms with Gasteiger partial charge in [-0.1, -0.05) is 72.3 Å². The molecule has 29 heavy (non-hydrogen) atoms. The van der Waals surface area contributed by atoms with Crippen molar-refractivity contribution in [3.8, 4) is 0 Å². The zero-order valence-corrected chi connectivity index (χ0v) is 16.4. The Morgan fingerprint density at radius 3 is 1.97 bits per heavy atom. The molecule has 0 aliphatic carbocycles. The van der Waals surface area contributed by atoms with Crippen LogP contribution >= 0.6 is 11.6 Å². The van der Waals surface area contributed by atoms with E-state index in [2.05, 4.69) is 5.32 Å². The normalized spacial score (nSPS) is 10.7. The van der Waals surface area contributed by atoms with E-state index in [1.165, 1.54) is 18.2 Å². The molecule has 0 heterocycles. The predicted molar refractivity (Wildman–Crippen MR) is 114 cm³/mol. The van der Waals surface area contributed by atoms with Crippen LogP contribution in [0.5, 0.6) is 0 Å². The van der Waals surface area contributed by atoms with Crippen molar-refractivity contribution >= 4 is 28.9 Å². The minimum atomic E-state index is -0.529. The molecule has 0 radical (unpaired) electrons. The van der Waals surface area contributed by atoms with Gasteiger partial charge in [-0.25, -0.2) is 0 Å². The Morgan fingerprint density at radius 1 is 0.931 bits per heavy atom. The molecule has 6 nitrogen and oxygen atoms in total. The summed E-state index contributed by atoms with van der Waals surface area (Å²) < 4.78 is 0. The van der Waals surface area contributed by atoms with Crippen LogP contribution in [0, 0.1) is 10.1 Å². The van der Waals surface area contributed by atoms with Gasteiger partial charge in [0.1, 0.15) is 0 Å². The summed E-state index contributed by atoms with van der Waals surface area (Å²) in [5.74, 6) is -0.243. The molecule has 0 bridgehead atoms. The third-order valence-electron chi connectivity index (χ3n) is 4.30. The van der Waals surface area contributed by atoms with Crippen LogP contribution < -0.4 is 5.32 Å². The minimum Gasteiger partial charge on any atom is -0.324 e. The summed E-state index contributed by atoms with van der Waals surface area (Å²) >= 11 is 6.08. The molecule has 0 aliphatic heterocycles. The van der Waals surface area contributed by atoms with Crippen molar-refractivity contribution < 1.29 is 9.72 Å². The quantitative estimate of drug-likeness (QED) is 0.424. The zero-order chi connectivity index (χ0) is 20.6. The van der Waals surface area contributed by atoms with Crippen molar-refractivity contribution in [1.29, 1.82) is 0 Å². The zero-order valence-electron chi connectivity index (χ0n) is 15.6. The number of rotatable bonds is 8. The Labute approximate surface area is 173 Å². The molecule has 148 valence electrons. The summed E-state index contributed by atoms with van der Waals surface area (Å²) in [6.45, 7) is 1.37. The lowest BCUT2D eigenvalue weighted by Crippen LogP contribution is -2.32. The Morgan fingerprint density at radius 2 is 1.48 bits per heavy atom. The van der Waals surface area contributed by atoms with Gasteiger partial charge in [0.15, 0.2) is 0 Å². The van der Waals surface area contributed by atoms with E-state index in [9.17, 15) is 14.9 Å². The van der Waals surface area contributed by atoms with Crippen LogP contribution in [-0.2, 0) is 17.9 Å². The topological polar surface area (TPSA) is 75.5 Å². The van der Waals surface area contributed by atoms with Crippen molar-refractivity contribution in [2.24, 2.45) is 0 Å². The average Bonchev–Trinajstić information content (AvgIpc) is 2.71. The second kappa shape index (κ2) is 9.82. The number of nitro benzene ring substituents is 1. The van der Waals surface area contributed by atoms with Gasteiger partial charge in [-0.3, -0.25) is 19.8 Å². The summed E-state index contributed by atoms with van der Waals surface area (Å²) in [4.78, 5) is 25.0. The van der Waals surface area contributed by atoms with Gasteiger partial charge in [0.2, 0.25) is 5.91 Å². The summed E-state index contributed by atoms with van der Waals surface area (Å²) in [6, 6.07) is 23.8. The van der Waals surface area contributed by atoms with Crippen molar-refractivity contribution in [1.82, 2.24) is 4.90 Å². The SMILES string of the molecule is O=C(CN(Cc1ccccc1)Cc1ccccc1)Nc1ccc([N+](=O)[O-])cc1Cl. The molecule has 7 heteroatoms. The first-order valence-corrected chi connectivity index (χ1v) is 9.43. The van der Waals surface area contributed by atoms with Crippen LogP contribution in [0.4, 0.5) is 11.4 Å². The Bertz CT molecular complexity index is 940. The lowest BCUT2D eigenvalue weighted by molar-refractivity contribution is -0.384. The first-order chi connectivity index (χ1) is 14.0. The number of nitrogens with one attached hydrogen (secondary N) is 1. The van der Waals surface area contributed by atoms with E-state index in [0.717, 1.165) is 11.1 Å². The molecule has 0 spiro atoms. The first-order valence-electron chi connectivity index (χ1n) is 9.05. The second-order valence-electron chi connectivity index (χ2n) is 6.59. The lowest BCUT2D eigenvalue weighted by Gasteiger charge is -2.22. The molecule has 0 aromatic heterocycles. The fraction of sp³-hybridized carbons (Fsp3) is 0.136. The molecule has 1 N–H and O–H groups in total. The van der Waals surface area contributed by atoms with Gasteiger partial charge in [-0.15, -0.1) is 0 Å². The largest absolute Gasteiger partial charge is 0.324 e. The summed E-state index contributed by atoms with van der Waals surface area (Å²) in [7, 11) is 0. The van der Waals surface area contributed by atoms with Gasteiger partial charge in [-0.2, -0.15) is 0 Å². The molecule has 3 rings (SSSR count). The van der Waals surface area contributed by atoms with Crippen LogP contribution in [-0.4, -0.2) is 22.3 Å². The van der Waals surface area contributed by atoms with Gasteiger partial charge in [-0.05, 0) is 17.2 Å². The van der Waals surface area contributed by atoms with Gasteiger partial charge in [0.05, 0.1) is 22.2 Å². The molecule has 3 aromatic rings. The third kappa shape index (κ3) is 6.14. The molecule has 3 aromatic carbocycles. The number of hydrogen-bond donors (Lipinski definition) is 1. The number of non-ortho nitro benzene ring substituents is 1. The smallest absolute Gasteiger partial charge is 0.271 e. The number of halogens is 1. The minimum absolute atomic E-state index is 0.122. The molecular weight excluding hydrogens is 390 g/mol. The number of hydrogen-bond acceptors (Lipinski definition) is 4. The third-order valence-corrected chi connectivity index (χ3v) is 4.62. The van der Waals surface area contributed by atoms with Crippen molar-refractivity contribution in [3.63, 3.8) is 0 Å². The van der Waals surface area contributed by atoms with Crippen LogP contribution in [0.15, 0.2) is 78.9 Å². The number of amides is 1. The highest BCUT2D eigenvalue weighted by atomic mass is 35.5. The fourth-order valence-corrected chi connectivity index (χ4v) is 3.18. The second-order valence-corrected chi connectivity index (χ2v) is 6.99. The number of carbonyl (C=O) groups is 1. The predicted octanol–water partition coefficient (Wildman–Crippen LogP) is 4.89. The summed E-state index contributed by atoms with van der Waals surface area (Å²) in [5.41, 5.74) is 2.43. The van der Waals surface area contributed by atoms with Crippen molar-refractivity contribution in [2.45, 2.75) is 13.1 Å². The maximum absolute atomic E-state index is 12.6. The van der Waals surface area contributed by atoms with E-state index in [1.54, 1.807) is 0 Å². The fourth-order valence-electron chi connectivity index (χ4n) is 2.96. The molecule has 0 atom stereocenters. The Balaban J connectivity index is 1.70. The molecular formula is C22H20ClN3O3. The number of benzene rings is 3. The highest BCUT2D eigenvalue weighted by molar-refractivity contribution is 6.34. The number of carbonyl (C=O) groups excluding carboxylic acids is 1. The van der Waals surface area contributed by atoms with Crippen LogP contribution in [0.1, 0.15) is 11.1 Å². The number of nitrogens with zero attached hydrogens (tertiary/aromatic N) is 2. The Kier molecular flexibility index (Phi) is 6.94. The van der Waals surface area contributed by atoms with E-state index in [-0.39, 0.29) is 23.2 Å². The van der Waals surface area contributed by atoms with Crippen molar-refractivity contribution in [3.05, 3.63) is 105 Å². The molecule has 0 saturated heterocycles. The van der Waals surface area contributed by atoms with Crippen LogP contribution in [0.3, 0.4) is 0 Å². The lowest BCUT2D eigenvalue weighted by atomic mass is 10.1. The average molecular weight is 410 g/mol. The molecule has 0 aliphatic rings. The van der Waals surface area contributed by atoms with Crippen LogP contribution in [0.2, 0.25) is 5.02 Å². The molecule has 1 amide bonds. The number of nitro groups is 1. The number of anilines is 1. The van der Waals surface area contributed by atoms with E-state index < -0.39 is 4.92 Å². The van der Waals surface area contributed by atoms with Crippen molar-refractivity contribution in [2.75, 3.05) is 11.9 Å². The Hall–Kier alpha value is -3.22. The van der Waals surface area contributed by atoms with Gasteiger partial charge >= 0.3 is 0 Å².